The third kappa shape index (κ3) is 4.68. The summed E-state index contributed by atoms with van der Waals surface area (Å²) in [6, 6.07) is 13.9. The van der Waals surface area contributed by atoms with Gasteiger partial charge < -0.3 is 14.6 Å². The number of benzene rings is 2. The molecule has 0 saturated carbocycles. The van der Waals surface area contributed by atoms with E-state index in [9.17, 15) is 23.9 Å². The number of hydrogen-bond donors (Lipinski definition) is 1. The molecule has 0 spiro atoms. The molecule has 1 aliphatic rings. The number of aromatic nitrogens is 1. The number of anilines is 1. The molecule has 9 heteroatoms. The number of ether oxygens (including phenoxy) is 2. The first kappa shape index (κ1) is 24.6. The van der Waals surface area contributed by atoms with E-state index in [-0.39, 0.29) is 35.9 Å². The number of rotatable bonds is 7. The number of ketones is 1. The molecule has 1 fully saturated rings. The van der Waals surface area contributed by atoms with Crippen LogP contribution in [-0.2, 0) is 25.5 Å². The van der Waals surface area contributed by atoms with Gasteiger partial charge in [-0.05, 0) is 55.0 Å². The van der Waals surface area contributed by atoms with Gasteiger partial charge in [0, 0.05) is 11.9 Å². The Morgan fingerprint density at radius 1 is 1.11 bits per heavy atom. The highest BCUT2D eigenvalue weighted by atomic mass is 19.1. The summed E-state index contributed by atoms with van der Waals surface area (Å²) in [5, 5.41) is 11.2. The summed E-state index contributed by atoms with van der Waals surface area (Å²) in [6.45, 7) is 1.98. The SMILES string of the molecule is CCOC(=O)Cc1ccc(N2C(=O)C(=O)/C(=C(/O)c3cc(F)ccc3OC)C2c2ccccn2)cc1. The monoisotopic (exact) mass is 490 g/mol. The molecular formula is C27H23FN2O6. The molecule has 1 amide bonds. The quantitative estimate of drug-likeness (QED) is 0.231. The van der Waals surface area contributed by atoms with Crippen molar-refractivity contribution in [2.24, 2.45) is 0 Å². The van der Waals surface area contributed by atoms with Gasteiger partial charge in [-0.2, -0.15) is 0 Å². The lowest BCUT2D eigenvalue weighted by Crippen LogP contribution is -2.29. The molecule has 2 aromatic carbocycles. The minimum atomic E-state index is -1.09. The van der Waals surface area contributed by atoms with Gasteiger partial charge in [0.1, 0.15) is 23.4 Å². The van der Waals surface area contributed by atoms with Crippen LogP contribution in [-0.4, -0.2) is 41.5 Å². The number of halogens is 1. The van der Waals surface area contributed by atoms with E-state index in [1.807, 2.05) is 0 Å². The molecule has 2 heterocycles. The maximum Gasteiger partial charge on any atom is 0.310 e. The molecule has 1 N–H and O–H groups in total. The summed E-state index contributed by atoms with van der Waals surface area (Å²) in [6.07, 6.45) is 1.55. The molecule has 1 aromatic heterocycles. The molecular weight excluding hydrogens is 467 g/mol. The number of esters is 1. The van der Waals surface area contributed by atoms with Gasteiger partial charge in [0.05, 0.1) is 37.0 Å². The highest BCUT2D eigenvalue weighted by molar-refractivity contribution is 6.51. The van der Waals surface area contributed by atoms with Crippen molar-refractivity contribution in [1.29, 1.82) is 0 Å². The Labute approximate surface area is 206 Å². The zero-order chi connectivity index (χ0) is 25.8. The topological polar surface area (TPSA) is 106 Å². The highest BCUT2D eigenvalue weighted by Crippen LogP contribution is 2.42. The molecule has 4 rings (SSSR count). The number of Topliss-reactive ketones (excluding diaryl/α,β-unsaturated/α-hetero) is 1. The van der Waals surface area contributed by atoms with E-state index in [4.69, 9.17) is 9.47 Å². The van der Waals surface area contributed by atoms with Crippen LogP contribution in [0.15, 0.2) is 72.4 Å². The number of aliphatic hydroxyl groups excluding tert-OH is 1. The first-order valence-corrected chi connectivity index (χ1v) is 11.2. The molecule has 0 aliphatic carbocycles. The Morgan fingerprint density at radius 2 is 1.86 bits per heavy atom. The maximum atomic E-state index is 14.0. The van der Waals surface area contributed by atoms with E-state index < -0.39 is 29.3 Å². The lowest BCUT2D eigenvalue weighted by Gasteiger charge is -2.25. The third-order valence-corrected chi connectivity index (χ3v) is 5.70. The van der Waals surface area contributed by atoms with Gasteiger partial charge in [-0.1, -0.05) is 18.2 Å². The Morgan fingerprint density at radius 3 is 2.50 bits per heavy atom. The first-order valence-electron chi connectivity index (χ1n) is 11.2. The minimum Gasteiger partial charge on any atom is -0.507 e. The van der Waals surface area contributed by atoms with Crippen LogP contribution >= 0.6 is 0 Å². The van der Waals surface area contributed by atoms with E-state index in [2.05, 4.69) is 4.98 Å². The maximum absolute atomic E-state index is 14.0. The fourth-order valence-electron chi connectivity index (χ4n) is 4.08. The summed E-state index contributed by atoms with van der Waals surface area (Å²) in [7, 11) is 1.34. The van der Waals surface area contributed by atoms with Crippen LogP contribution in [0.4, 0.5) is 10.1 Å². The van der Waals surface area contributed by atoms with Crippen molar-refractivity contribution < 1.29 is 33.4 Å². The van der Waals surface area contributed by atoms with Crippen molar-refractivity contribution in [3.63, 3.8) is 0 Å². The highest BCUT2D eigenvalue weighted by Gasteiger charge is 2.47. The number of methoxy groups -OCH3 is 1. The van der Waals surface area contributed by atoms with Gasteiger partial charge in [0.2, 0.25) is 0 Å². The second kappa shape index (κ2) is 10.4. The van der Waals surface area contributed by atoms with Gasteiger partial charge >= 0.3 is 5.97 Å². The van der Waals surface area contributed by atoms with Crippen molar-refractivity contribution in [2.45, 2.75) is 19.4 Å². The summed E-state index contributed by atoms with van der Waals surface area (Å²) in [4.78, 5) is 43.8. The molecule has 36 heavy (non-hydrogen) atoms. The minimum absolute atomic E-state index is 0.0516. The summed E-state index contributed by atoms with van der Waals surface area (Å²) in [5.74, 6) is -3.34. The van der Waals surface area contributed by atoms with Crippen LogP contribution in [0.5, 0.6) is 5.75 Å². The number of carbonyl (C=O) groups excluding carboxylic acids is 3. The summed E-state index contributed by atoms with van der Waals surface area (Å²) < 4.78 is 24.2. The molecule has 0 bridgehead atoms. The molecule has 8 nitrogen and oxygen atoms in total. The molecule has 1 atom stereocenters. The predicted octanol–water partition coefficient (Wildman–Crippen LogP) is 3.96. The van der Waals surface area contributed by atoms with Crippen LogP contribution < -0.4 is 9.64 Å². The smallest absolute Gasteiger partial charge is 0.310 e. The van der Waals surface area contributed by atoms with E-state index in [0.29, 0.717) is 16.9 Å². The standard InChI is InChI=1S/C27H23FN2O6/c1-3-36-22(31)14-16-7-10-18(11-8-16)30-24(20-6-4-5-13-29-20)23(26(33)27(30)34)25(32)19-15-17(28)9-12-21(19)35-2/h4-13,15,24,32H,3,14H2,1-2H3/b25-23+. The zero-order valence-corrected chi connectivity index (χ0v) is 19.6. The van der Waals surface area contributed by atoms with E-state index in [0.717, 1.165) is 12.1 Å². The number of pyridine rings is 1. The fraction of sp³-hybridized carbons (Fsp3) is 0.185. The fourth-order valence-corrected chi connectivity index (χ4v) is 4.08. The van der Waals surface area contributed by atoms with Gasteiger partial charge in [-0.25, -0.2) is 4.39 Å². The van der Waals surface area contributed by atoms with Gasteiger partial charge in [0.15, 0.2) is 0 Å². The Balaban J connectivity index is 1.83. The van der Waals surface area contributed by atoms with Crippen molar-refractivity contribution in [1.82, 2.24) is 4.98 Å². The van der Waals surface area contributed by atoms with Crippen molar-refractivity contribution in [3.05, 3.63) is 95.1 Å². The van der Waals surface area contributed by atoms with E-state index in [1.165, 1.54) is 24.3 Å². The molecule has 1 aliphatic heterocycles. The molecule has 3 aromatic rings. The summed E-state index contributed by atoms with van der Waals surface area (Å²) >= 11 is 0. The van der Waals surface area contributed by atoms with Crippen molar-refractivity contribution in [3.8, 4) is 5.75 Å². The second-order valence-electron chi connectivity index (χ2n) is 7.92. The van der Waals surface area contributed by atoms with Crippen molar-refractivity contribution in [2.75, 3.05) is 18.6 Å². The van der Waals surface area contributed by atoms with Crippen LogP contribution in [0, 0.1) is 5.82 Å². The largest absolute Gasteiger partial charge is 0.507 e. The molecule has 1 unspecified atom stereocenters. The van der Waals surface area contributed by atoms with Gasteiger partial charge in [0.25, 0.3) is 11.7 Å². The number of aliphatic hydroxyl groups is 1. The van der Waals surface area contributed by atoms with Gasteiger partial charge in [-0.3, -0.25) is 24.3 Å². The van der Waals surface area contributed by atoms with Crippen LogP contribution in [0.25, 0.3) is 5.76 Å². The predicted molar refractivity (Wildman–Crippen MR) is 129 cm³/mol. The average Bonchev–Trinajstić information content (AvgIpc) is 3.15. The third-order valence-electron chi connectivity index (χ3n) is 5.70. The Bertz CT molecular complexity index is 1340. The number of nitrogens with zero attached hydrogens (tertiary/aromatic N) is 2. The molecule has 184 valence electrons. The van der Waals surface area contributed by atoms with Crippen LogP contribution in [0.1, 0.15) is 29.8 Å². The van der Waals surface area contributed by atoms with Crippen molar-refractivity contribution >= 4 is 29.1 Å². The molecule has 0 radical (unpaired) electrons. The summed E-state index contributed by atoms with van der Waals surface area (Å²) in [5.41, 5.74) is 1.02. The van der Waals surface area contributed by atoms with Crippen LogP contribution in [0.2, 0.25) is 0 Å². The average molecular weight is 490 g/mol. The molecule has 1 saturated heterocycles. The lowest BCUT2D eigenvalue weighted by atomic mass is 9.97. The number of carbonyl (C=O) groups is 3. The Hall–Kier alpha value is -4.53. The van der Waals surface area contributed by atoms with E-state index in [1.54, 1.807) is 49.4 Å². The second-order valence-corrected chi connectivity index (χ2v) is 7.92. The van der Waals surface area contributed by atoms with E-state index >= 15 is 0 Å². The Kier molecular flexibility index (Phi) is 7.10. The number of hydrogen-bond acceptors (Lipinski definition) is 7. The van der Waals surface area contributed by atoms with Crippen LogP contribution in [0.3, 0.4) is 0 Å². The number of amides is 1. The first-order chi connectivity index (χ1) is 17.3. The zero-order valence-electron chi connectivity index (χ0n) is 19.6. The normalized spacial score (nSPS) is 16.8. The van der Waals surface area contributed by atoms with Gasteiger partial charge in [-0.15, -0.1) is 0 Å². The lowest BCUT2D eigenvalue weighted by molar-refractivity contribution is -0.142.